The van der Waals surface area contributed by atoms with Gasteiger partial charge in [0.05, 0.1) is 9.82 Å². The van der Waals surface area contributed by atoms with Gasteiger partial charge in [0.25, 0.3) is 15.7 Å². The van der Waals surface area contributed by atoms with Crippen molar-refractivity contribution in [3.63, 3.8) is 0 Å². The number of hydrogen-bond donors (Lipinski definition) is 2. The number of carbonyl (C=O) groups is 2. The number of aromatic nitrogens is 2. The highest BCUT2D eigenvalue weighted by molar-refractivity contribution is 7.89. The number of Topliss-reactive ketones (excluding diaryl/α,β-unsaturated/α-hetero) is 2. The van der Waals surface area contributed by atoms with E-state index in [-0.39, 0.29) is 27.4 Å². The van der Waals surface area contributed by atoms with Crippen molar-refractivity contribution in [2.75, 3.05) is 0 Å². The van der Waals surface area contributed by atoms with Crippen LogP contribution in [0.25, 0.3) is 16.7 Å². The van der Waals surface area contributed by atoms with Crippen molar-refractivity contribution in [1.29, 1.82) is 0 Å². The number of non-ortho nitro benzene ring substituents is 1. The molecule has 0 bridgehead atoms. The number of ketones is 2. The molecule has 0 unspecified atom stereocenters. The predicted molar refractivity (Wildman–Crippen MR) is 120 cm³/mol. The lowest BCUT2D eigenvalue weighted by atomic mass is 9.90. The number of allylic oxidation sites excluding steroid dienone is 2. The molecule has 4 aromatic rings. The van der Waals surface area contributed by atoms with Crippen molar-refractivity contribution in [3.05, 3.63) is 106 Å². The molecule has 11 heteroatoms. The van der Waals surface area contributed by atoms with Gasteiger partial charge in [-0.1, -0.05) is 36.4 Å². The molecule has 5 rings (SSSR count). The number of imidazole rings is 1. The Morgan fingerprint density at radius 3 is 2.15 bits per heavy atom. The predicted octanol–water partition coefficient (Wildman–Crippen LogP) is 2.59. The van der Waals surface area contributed by atoms with Crippen molar-refractivity contribution < 1.29 is 27.5 Å². The first kappa shape index (κ1) is 21.2. The number of nitrogens with one attached hydrogen (secondary N) is 2. The molecule has 0 saturated heterocycles. The summed E-state index contributed by atoms with van der Waals surface area (Å²) in [5.41, 5.74) is 0.586. The van der Waals surface area contributed by atoms with Gasteiger partial charge in [-0.15, -0.1) is 0 Å². The average Bonchev–Trinajstić information content (AvgIpc) is 3.26. The summed E-state index contributed by atoms with van der Waals surface area (Å²) in [6, 6.07) is 17.4. The number of para-hydroxylation sites is 2. The summed E-state index contributed by atoms with van der Waals surface area (Å²) < 4.78 is 29.9. The van der Waals surface area contributed by atoms with Crippen LogP contribution < -0.4 is 9.29 Å². The number of nitro groups is 1. The molecule has 0 amide bonds. The Labute approximate surface area is 192 Å². The number of nitro benzene ring substituents is 1. The molecule has 0 fully saturated rings. The normalized spacial score (nSPS) is 13.8. The largest absolute Gasteiger partial charge is 0.287 e. The van der Waals surface area contributed by atoms with Crippen molar-refractivity contribution in [3.8, 4) is 0 Å². The fraction of sp³-hybridized carbons (Fsp3) is 0. The van der Waals surface area contributed by atoms with E-state index in [1.165, 1.54) is 23.0 Å². The van der Waals surface area contributed by atoms with E-state index in [1.54, 1.807) is 36.4 Å². The molecule has 0 saturated carbocycles. The summed E-state index contributed by atoms with van der Waals surface area (Å²) in [5.74, 6) is -1.21. The molecule has 2 N–H and O–H groups in total. The van der Waals surface area contributed by atoms with Crippen LogP contribution in [-0.4, -0.2) is 29.9 Å². The third-order valence-electron chi connectivity index (χ3n) is 5.44. The highest BCUT2D eigenvalue weighted by Gasteiger charge is 2.39. The summed E-state index contributed by atoms with van der Waals surface area (Å²) in [7, 11) is -4.37. The maximum Gasteiger partial charge on any atom is 0.269 e. The van der Waals surface area contributed by atoms with Gasteiger partial charge in [-0.3, -0.25) is 24.4 Å². The molecular weight excluding hydrogens is 460 g/mol. The minimum atomic E-state index is -4.37. The van der Waals surface area contributed by atoms with E-state index in [4.69, 9.17) is 0 Å². The number of carbonyl (C=O) groups excluding carboxylic acids is 2. The van der Waals surface area contributed by atoms with Crippen molar-refractivity contribution in [1.82, 2.24) is 9.71 Å². The second-order valence-electron chi connectivity index (χ2n) is 7.44. The highest BCUT2D eigenvalue weighted by Crippen LogP contribution is 2.27. The number of sulfonamides is 1. The van der Waals surface area contributed by atoms with E-state index in [2.05, 4.69) is 9.71 Å². The van der Waals surface area contributed by atoms with Crippen LogP contribution in [0.2, 0.25) is 0 Å². The van der Waals surface area contributed by atoms with Gasteiger partial charge < -0.3 is 0 Å². The summed E-state index contributed by atoms with van der Waals surface area (Å²) in [6.07, 6.45) is 1.47. The minimum Gasteiger partial charge on any atom is -0.287 e. The third-order valence-corrected chi connectivity index (χ3v) is 6.81. The summed E-state index contributed by atoms with van der Waals surface area (Å²) in [6.45, 7) is 0. The second kappa shape index (κ2) is 7.74. The first-order valence-corrected chi connectivity index (χ1v) is 11.4. The number of H-pyrrole nitrogens is 1. The number of hydrogen-bond acceptors (Lipinski definition) is 6. The Hall–Kier alpha value is -4.64. The number of benzene rings is 3. The van der Waals surface area contributed by atoms with Gasteiger partial charge in [-0.25, -0.2) is 13.4 Å². The smallest absolute Gasteiger partial charge is 0.269 e. The molecule has 1 heterocycles. The molecule has 0 spiro atoms. The monoisotopic (exact) mass is 475 g/mol. The van der Waals surface area contributed by atoms with Gasteiger partial charge in [0.1, 0.15) is 5.70 Å². The van der Waals surface area contributed by atoms with E-state index in [0.29, 0.717) is 11.0 Å². The Morgan fingerprint density at radius 2 is 1.47 bits per heavy atom. The van der Waals surface area contributed by atoms with Crippen LogP contribution in [0, 0.1) is 10.1 Å². The Kier molecular flexibility index (Phi) is 4.83. The third kappa shape index (κ3) is 3.35. The molecule has 10 nitrogen and oxygen atoms in total. The molecule has 34 heavy (non-hydrogen) atoms. The molecule has 168 valence electrons. The van der Waals surface area contributed by atoms with Crippen LogP contribution in [0.3, 0.4) is 0 Å². The quantitative estimate of drug-likeness (QED) is 0.258. The topological polar surface area (TPSA) is 143 Å². The van der Waals surface area contributed by atoms with Crippen LogP contribution in [0.4, 0.5) is 5.69 Å². The molecular formula is C23H15N4O6S+. The fourth-order valence-electron chi connectivity index (χ4n) is 3.82. The molecule has 1 aliphatic carbocycles. The van der Waals surface area contributed by atoms with E-state index in [0.717, 1.165) is 24.3 Å². The van der Waals surface area contributed by atoms with Gasteiger partial charge in [0, 0.05) is 23.3 Å². The van der Waals surface area contributed by atoms with Crippen molar-refractivity contribution in [2.24, 2.45) is 0 Å². The van der Waals surface area contributed by atoms with E-state index in [1.807, 2.05) is 0 Å². The Balaban J connectivity index is 1.70. The zero-order valence-electron chi connectivity index (χ0n) is 17.3. The maximum atomic E-state index is 13.5. The first-order valence-electron chi connectivity index (χ1n) is 9.96. The summed E-state index contributed by atoms with van der Waals surface area (Å²) in [4.78, 5) is 39.9. The second-order valence-corrected chi connectivity index (χ2v) is 9.13. The van der Waals surface area contributed by atoms with Gasteiger partial charge >= 0.3 is 0 Å². The highest BCUT2D eigenvalue weighted by atomic mass is 32.2. The first-order chi connectivity index (χ1) is 16.3. The van der Waals surface area contributed by atoms with Crippen molar-refractivity contribution >= 4 is 44.0 Å². The number of rotatable bonds is 5. The lowest BCUT2D eigenvalue weighted by Crippen LogP contribution is -2.44. The number of nitrogens with zero attached hydrogens (tertiary/aromatic N) is 2. The van der Waals surface area contributed by atoms with Gasteiger partial charge in [-0.2, -0.15) is 4.57 Å². The van der Waals surface area contributed by atoms with Crippen LogP contribution >= 0.6 is 0 Å². The number of aromatic amines is 1. The van der Waals surface area contributed by atoms with Crippen LogP contribution in [0.15, 0.2) is 89.7 Å². The lowest BCUT2D eigenvalue weighted by Gasteiger charge is -2.20. The van der Waals surface area contributed by atoms with E-state index < -0.39 is 32.2 Å². The molecule has 3 aromatic carbocycles. The van der Waals surface area contributed by atoms with Crippen LogP contribution in [0.5, 0.6) is 0 Å². The fourth-order valence-corrected chi connectivity index (χ4v) is 4.89. The Morgan fingerprint density at radius 1 is 0.853 bits per heavy atom. The zero-order chi connectivity index (χ0) is 24.0. The summed E-state index contributed by atoms with van der Waals surface area (Å²) >= 11 is 0. The molecule has 1 aromatic heterocycles. The van der Waals surface area contributed by atoms with Crippen molar-refractivity contribution in [2.45, 2.75) is 4.90 Å². The van der Waals surface area contributed by atoms with Gasteiger partial charge in [0.2, 0.25) is 23.6 Å². The van der Waals surface area contributed by atoms with Gasteiger partial charge in [-0.05, 0) is 24.3 Å². The maximum absolute atomic E-state index is 13.5. The molecule has 0 atom stereocenters. The van der Waals surface area contributed by atoms with E-state index in [9.17, 15) is 28.1 Å². The molecule has 0 radical (unpaired) electrons. The van der Waals surface area contributed by atoms with Crippen LogP contribution in [0.1, 0.15) is 20.7 Å². The average molecular weight is 475 g/mol. The minimum absolute atomic E-state index is 0.0677. The molecule has 0 aliphatic heterocycles. The lowest BCUT2D eigenvalue weighted by molar-refractivity contribution is -0.548. The van der Waals surface area contributed by atoms with Crippen LogP contribution in [-0.2, 0) is 10.0 Å². The molecule has 1 aliphatic rings. The number of fused-ring (bicyclic) bond motifs is 2. The standard InChI is InChI=1S/C23H14N4O6S/c28-22-16-5-1-2-6-17(16)23(29)21(26-13-24-18-7-3-4-8-19(18)26)20(22)25-34(32,33)15-11-9-14(10-12-15)27(30)31/h1-13H,(H,25,29)/p+1. The van der Waals surface area contributed by atoms with Gasteiger partial charge in [0.15, 0.2) is 11.0 Å². The van der Waals surface area contributed by atoms with E-state index >= 15 is 0 Å². The zero-order valence-corrected chi connectivity index (χ0v) is 18.1. The Bertz CT molecular complexity index is 1650. The summed E-state index contributed by atoms with van der Waals surface area (Å²) in [5, 5.41) is 10.9. The SMILES string of the molecule is O=C1C(NS(=O)(=O)c2ccc([N+](=O)[O-])cc2)=C([n+]2c[nH]c3ccccc32)C(=O)c2ccccc21.